The molecule has 1 aromatic carbocycles. The van der Waals surface area contributed by atoms with E-state index >= 15 is 0 Å². The quantitative estimate of drug-likeness (QED) is 0.498. The Hall–Kier alpha value is -1.90. The van der Waals surface area contributed by atoms with E-state index in [1.54, 1.807) is 11.1 Å². The largest absolute Gasteiger partial charge is 0.458 e. The van der Waals surface area contributed by atoms with Gasteiger partial charge in [0.1, 0.15) is 5.76 Å². The summed E-state index contributed by atoms with van der Waals surface area (Å²) in [6.45, 7) is 11.9. The highest BCUT2D eigenvalue weighted by molar-refractivity contribution is 6.43. The molecule has 4 atom stereocenters. The fourth-order valence-electron chi connectivity index (χ4n) is 5.23. The van der Waals surface area contributed by atoms with Gasteiger partial charge in [-0.05, 0) is 55.6 Å². The predicted molar refractivity (Wildman–Crippen MR) is 111 cm³/mol. The van der Waals surface area contributed by atoms with Crippen molar-refractivity contribution in [3.05, 3.63) is 58.9 Å². The van der Waals surface area contributed by atoms with Crippen molar-refractivity contribution in [1.29, 1.82) is 0 Å². The van der Waals surface area contributed by atoms with Crippen molar-refractivity contribution >= 4 is 13.0 Å². The van der Waals surface area contributed by atoms with Crippen LogP contribution >= 0.6 is 0 Å². The van der Waals surface area contributed by atoms with Gasteiger partial charge >= 0.3 is 0 Å². The second kappa shape index (κ2) is 6.68. The Bertz CT molecular complexity index is 806. The minimum Gasteiger partial charge on any atom is -0.458 e. The third-order valence-corrected chi connectivity index (χ3v) is 6.85. The zero-order valence-electron chi connectivity index (χ0n) is 16.6. The number of nitrogens with zero attached hydrogens (tertiary/aromatic N) is 1. The molecule has 26 heavy (non-hydrogen) atoms. The van der Waals surface area contributed by atoms with Gasteiger partial charge in [-0.2, -0.15) is 0 Å². The number of hydrogen-bond donors (Lipinski definition) is 0. The van der Waals surface area contributed by atoms with Crippen molar-refractivity contribution in [2.75, 3.05) is 4.90 Å². The van der Waals surface area contributed by atoms with Crippen LogP contribution in [0.1, 0.15) is 41.0 Å². The summed E-state index contributed by atoms with van der Waals surface area (Å²) in [5, 5.41) is 0. The van der Waals surface area contributed by atoms with Gasteiger partial charge in [-0.25, -0.2) is 0 Å². The molecular formula is C23H29BNO. The van der Waals surface area contributed by atoms with Crippen LogP contribution in [-0.2, 0) is 0 Å². The van der Waals surface area contributed by atoms with Crippen LogP contribution in [-0.4, -0.2) is 13.3 Å². The van der Waals surface area contributed by atoms with Crippen LogP contribution in [0.4, 0.5) is 5.69 Å². The van der Waals surface area contributed by atoms with Crippen LogP contribution in [0.3, 0.4) is 0 Å². The van der Waals surface area contributed by atoms with Crippen LogP contribution in [0, 0.1) is 17.8 Å². The number of rotatable bonds is 2. The Labute approximate surface area is 158 Å². The molecule has 0 aromatic heterocycles. The maximum Gasteiger partial charge on any atom is 0.150 e. The highest BCUT2D eigenvalue weighted by Crippen LogP contribution is 2.48. The van der Waals surface area contributed by atoms with E-state index in [4.69, 9.17) is 4.74 Å². The third-order valence-electron chi connectivity index (χ3n) is 6.85. The molecule has 3 heteroatoms. The molecule has 0 N–H and O–H groups in total. The summed E-state index contributed by atoms with van der Waals surface area (Å²) in [5.41, 5.74) is 5.70. The lowest BCUT2D eigenvalue weighted by Gasteiger charge is -2.50. The monoisotopic (exact) mass is 346 g/mol. The van der Waals surface area contributed by atoms with Crippen LogP contribution in [0.25, 0.3) is 0 Å². The van der Waals surface area contributed by atoms with Gasteiger partial charge in [-0.15, -0.1) is 5.98 Å². The van der Waals surface area contributed by atoms with Crippen molar-refractivity contribution in [2.24, 2.45) is 17.8 Å². The molecule has 2 aliphatic heterocycles. The average Bonchev–Trinajstić information content (AvgIpc) is 2.66. The topological polar surface area (TPSA) is 12.5 Å². The van der Waals surface area contributed by atoms with E-state index in [0.717, 1.165) is 24.2 Å². The molecule has 0 spiro atoms. The van der Waals surface area contributed by atoms with Gasteiger partial charge in [0, 0.05) is 6.04 Å². The molecule has 0 amide bonds. The second-order valence-electron chi connectivity index (χ2n) is 8.04. The van der Waals surface area contributed by atoms with E-state index in [2.05, 4.69) is 83.1 Å². The van der Waals surface area contributed by atoms with Gasteiger partial charge in [0.25, 0.3) is 0 Å². The molecule has 0 saturated heterocycles. The molecule has 2 nitrogen and oxygen atoms in total. The molecule has 1 radical (unpaired) electrons. The van der Waals surface area contributed by atoms with Crippen LogP contribution in [0.2, 0.25) is 6.32 Å². The molecule has 0 bridgehead atoms. The Balaban J connectivity index is 1.87. The normalized spacial score (nSPS) is 30.6. The SMILES string of the molecule is CCC1=C(C)C(C)C(C)C(N2C3=C(C[B]C=C3)Oc3ccccc32)C1C. The Morgan fingerprint density at radius 3 is 2.69 bits per heavy atom. The molecule has 4 unspecified atom stereocenters. The van der Waals surface area contributed by atoms with Gasteiger partial charge in [-0.1, -0.05) is 51.0 Å². The summed E-state index contributed by atoms with van der Waals surface area (Å²) in [4.78, 5) is 2.59. The van der Waals surface area contributed by atoms with E-state index in [1.165, 1.54) is 11.4 Å². The molecular weight excluding hydrogens is 317 g/mol. The Kier molecular flexibility index (Phi) is 4.50. The first-order valence-corrected chi connectivity index (χ1v) is 10.0. The van der Waals surface area contributed by atoms with E-state index in [1.807, 2.05) is 0 Å². The standard InChI is InChI=1S/C23H29BNO/c1-6-18-15(3)14(2)16(4)23(17(18)5)25-19-9-7-8-10-21(19)26-22-13-24-12-11-20(22)25/h7-12,14,16-17,23H,6,13H2,1-5H3. The van der Waals surface area contributed by atoms with E-state index in [0.29, 0.717) is 23.8 Å². The van der Waals surface area contributed by atoms with E-state index < -0.39 is 0 Å². The summed E-state index contributed by atoms with van der Waals surface area (Å²) in [5.74, 6) is 5.97. The maximum atomic E-state index is 6.27. The molecule has 1 aromatic rings. The summed E-state index contributed by atoms with van der Waals surface area (Å²) in [6.07, 6.45) is 4.24. The summed E-state index contributed by atoms with van der Waals surface area (Å²) in [7, 11) is 2.18. The zero-order chi connectivity index (χ0) is 18.4. The summed E-state index contributed by atoms with van der Waals surface area (Å²) in [6, 6.07) is 8.97. The lowest BCUT2D eigenvalue weighted by molar-refractivity contribution is 0.264. The van der Waals surface area contributed by atoms with Crippen molar-refractivity contribution in [2.45, 2.75) is 53.4 Å². The highest BCUT2D eigenvalue weighted by atomic mass is 16.5. The van der Waals surface area contributed by atoms with Crippen molar-refractivity contribution in [3.8, 4) is 5.75 Å². The van der Waals surface area contributed by atoms with Gasteiger partial charge in [0.2, 0.25) is 0 Å². The minimum atomic E-state index is 0.446. The number of allylic oxidation sites excluding steroid dienone is 3. The third kappa shape index (κ3) is 2.55. The Morgan fingerprint density at radius 2 is 1.92 bits per heavy atom. The fourth-order valence-corrected chi connectivity index (χ4v) is 5.23. The Morgan fingerprint density at radius 1 is 1.15 bits per heavy atom. The maximum absolute atomic E-state index is 6.27. The van der Waals surface area contributed by atoms with Crippen molar-refractivity contribution in [1.82, 2.24) is 0 Å². The van der Waals surface area contributed by atoms with E-state index in [9.17, 15) is 0 Å². The number of anilines is 1. The molecule has 0 fully saturated rings. The number of para-hydroxylation sites is 2. The van der Waals surface area contributed by atoms with Crippen LogP contribution in [0.15, 0.2) is 58.9 Å². The minimum absolute atomic E-state index is 0.446. The predicted octanol–water partition coefficient (Wildman–Crippen LogP) is 5.76. The zero-order valence-corrected chi connectivity index (χ0v) is 16.6. The lowest BCUT2D eigenvalue weighted by atomic mass is 9.67. The molecule has 0 saturated carbocycles. The second-order valence-corrected chi connectivity index (χ2v) is 8.04. The van der Waals surface area contributed by atoms with Gasteiger partial charge in [0.15, 0.2) is 13.0 Å². The number of benzene rings is 1. The average molecular weight is 346 g/mol. The summed E-state index contributed by atoms with van der Waals surface area (Å²) >= 11 is 0. The van der Waals surface area contributed by atoms with E-state index in [-0.39, 0.29) is 0 Å². The molecule has 2 heterocycles. The number of ether oxygens (including phenoxy) is 1. The number of hydrogen-bond acceptors (Lipinski definition) is 2. The van der Waals surface area contributed by atoms with Gasteiger partial charge in [-0.3, -0.25) is 0 Å². The lowest BCUT2D eigenvalue weighted by Crippen LogP contribution is -2.50. The number of fused-ring (bicyclic) bond motifs is 1. The molecule has 3 aliphatic rings. The summed E-state index contributed by atoms with van der Waals surface area (Å²) < 4.78 is 6.27. The molecule has 1 aliphatic carbocycles. The molecule has 4 rings (SSSR count). The van der Waals surface area contributed by atoms with Gasteiger partial charge in [0.05, 0.1) is 11.4 Å². The van der Waals surface area contributed by atoms with Crippen LogP contribution in [0.5, 0.6) is 5.75 Å². The first-order valence-electron chi connectivity index (χ1n) is 10.0. The smallest absolute Gasteiger partial charge is 0.150 e. The highest BCUT2D eigenvalue weighted by Gasteiger charge is 2.43. The first-order chi connectivity index (χ1) is 12.5. The van der Waals surface area contributed by atoms with Gasteiger partial charge < -0.3 is 9.64 Å². The van der Waals surface area contributed by atoms with Crippen molar-refractivity contribution < 1.29 is 4.74 Å². The van der Waals surface area contributed by atoms with Crippen LogP contribution < -0.4 is 9.64 Å². The molecule has 135 valence electrons. The first kappa shape index (κ1) is 17.5. The fraction of sp³-hybridized carbons (Fsp3) is 0.478. The van der Waals surface area contributed by atoms with Crippen molar-refractivity contribution in [3.63, 3.8) is 0 Å².